The van der Waals surface area contributed by atoms with Gasteiger partial charge in [-0.2, -0.15) is 0 Å². The van der Waals surface area contributed by atoms with E-state index in [1.807, 2.05) is 30.4 Å². The Labute approximate surface area is 231 Å². The third-order valence-corrected chi connectivity index (χ3v) is 5.85. The maximum Gasteiger partial charge on any atom is -0.0353 e. The van der Waals surface area contributed by atoms with Gasteiger partial charge in [0.15, 0.2) is 0 Å². The zero-order valence-corrected chi connectivity index (χ0v) is 25.7. The van der Waals surface area contributed by atoms with E-state index in [1.54, 1.807) is 0 Å². The fraction of sp³-hybridized carbons (Fsp3) is 0.722. The van der Waals surface area contributed by atoms with E-state index in [1.165, 1.54) is 148 Å². The monoisotopic (exact) mass is 503 g/mol. The van der Waals surface area contributed by atoms with Crippen LogP contribution in [0.25, 0.3) is 0 Å². The Bertz CT molecular complexity index is 377. The third-order valence-electron chi connectivity index (χ3n) is 5.85. The van der Waals surface area contributed by atoms with Crippen LogP contribution in [-0.2, 0) is 0 Å². The summed E-state index contributed by atoms with van der Waals surface area (Å²) in [7, 11) is 0. The molecule has 0 aliphatic rings. The molecular formula is C36H70. The summed E-state index contributed by atoms with van der Waals surface area (Å²) in [4.78, 5) is 0. The van der Waals surface area contributed by atoms with Gasteiger partial charge in [-0.25, -0.2) is 0 Å². The Morgan fingerprint density at radius 2 is 0.472 bits per heavy atom. The van der Waals surface area contributed by atoms with Crippen molar-refractivity contribution in [1.29, 1.82) is 0 Å². The number of rotatable bonds is 24. The van der Waals surface area contributed by atoms with Crippen molar-refractivity contribution in [2.45, 2.75) is 168 Å². The zero-order chi connectivity index (χ0) is 27.8. The summed E-state index contributed by atoms with van der Waals surface area (Å²) >= 11 is 0. The average Bonchev–Trinajstić information content (AvgIpc) is 2.90. The molecule has 0 saturated carbocycles. The SMILES string of the molecule is C=CCCCC.C=CCCCCCC.C=CCCCCCCC=C.C=CCCCCCCCCCC. The van der Waals surface area contributed by atoms with Crippen molar-refractivity contribution in [3.63, 3.8) is 0 Å². The van der Waals surface area contributed by atoms with Gasteiger partial charge in [-0.1, -0.05) is 141 Å². The number of hydrogen-bond donors (Lipinski definition) is 0. The van der Waals surface area contributed by atoms with Crippen molar-refractivity contribution in [1.82, 2.24) is 0 Å². The molecule has 0 fully saturated rings. The number of allylic oxidation sites excluding steroid dienone is 5. The lowest BCUT2D eigenvalue weighted by molar-refractivity contribution is 0.578. The van der Waals surface area contributed by atoms with Gasteiger partial charge in [0, 0.05) is 0 Å². The van der Waals surface area contributed by atoms with Crippen molar-refractivity contribution >= 4 is 0 Å². The van der Waals surface area contributed by atoms with E-state index in [4.69, 9.17) is 0 Å². The molecule has 0 N–H and O–H groups in total. The molecule has 0 atom stereocenters. The summed E-state index contributed by atoms with van der Waals surface area (Å²) in [5.74, 6) is 0. The average molecular weight is 503 g/mol. The maximum absolute atomic E-state index is 3.72. The second-order valence-electron chi connectivity index (χ2n) is 9.69. The third kappa shape index (κ3) is 63.8. The van der Waals surface area contributed by atoms with Crippen LogP contribution in [0.2, 0.25) is 0 Å². The van der Waals surface area contributed by atoms with Crippen molar-refractivity contribution in [3.8, 4) is 0 Å². The Morgan fingerprint density at radius 1 is 0.278 bits per heavy atom. The zero-order valence-electron chi connectivity index (χ0n) is 25.7. The van der Waals surface area contributed by atoms with Crippen molar-refractivity contribution in [3.05, 3.63) is 63.3 Å². The van der Waals surface area contributed by atoms with Gasteiger partial charge >= 0.3 is 0 Å². The van der Waals surface area contributed by atoms with Gasteiger partial charge in [-0.15, -0.1) is 32.9 Å². The number of unbranched alkanes of at least 4 members (excludes halogenated alkanes) is 19. The van der Waals surface area contributed by atoms with Crippen LogP contribution >= 0.6 is 0 Å². The van der Waals surface area contributed by atoms with Gasteiger partial charge in [0.2, 0.25) is 0 Å². The standard InChI is InChI=1S/C12H24.C10H18.C8H16.C6H12/c1-3-5-7-9-11-12-10-8-6-4-2;1-3-5-7-9-10-8-6-4-2;1-3-5-7-8-6-4-2;1-3-5-6-4-2/h3H,1,4-12H2,2H3;3-4H,1-2,5-10H2;3H,1,4-8H2,2H3;3H,1,4-6H2,2H3. The Kier molecular flexibility index (Phi) is 58.7. The molecule has 0 radical (unpaired) electrons. The molecule has 214 valence electrons. The molecule has 0 unspecified atom stereocenters. The molecule has 0 aromatic rings. The quantitative estimate of drug-likeness (QED) is 0.0909. The summed E-state index contributed by atoms with van der Waals surface area (Å²) in [6, 6.07) is 0. The van der Waals surface area contributed by atoms with E-state index >= 15 is 0 Å². The van der Waals surface area contributed by atoms with Crippen LogP contribution in [0.4, 0.5) is 0 Å². The fourth-order valence-corrected chi connectivity index (χ4v) is 3.42. The van der Waals surface area contributed by atoms with Crippen molar-refractivity contribution in [2.75, 3.05) is 0 Å². The maximum atomic E-state index is 3.72. The van der Waals surface area contributed by atoms with Crippen LogP contribution in [0, 0.1) is 0 Å². The molecule has 0 aromatic heterocycles. The molecule has 0 bridgehead atoms. The normalized spacial score (nSPS) is 9.31. The van der Waals surface area contributed by atoms with Crippen LogP contribution < -0.4 is 0 Å². The Morgan fingerprint density at radius 3 is 0.694 bits per heavy atom. The lowest BCUT2D eigenvalue weighted by Crippen LogP contribution is -1.79. The molecule has 0 nitrogen and oxygen atoms in total. The molecule has 0 aromatic carbocycles. The van der Waals surface area contributed by atoms with Crippen LogP contribution in [0.3, 0.4) is 0 Å². The highest BCUT2D eigenvalue weighted by Gasteiger charge is 1.89. The van der Waals surface area contributed by atoms with Gasteiger partial charge < -0.3 is 0 Å². The summed E-state index contributed by atoms with van der Waals surface area (Å²) in [6.45, 7) is 25.0. The van der Waals surface area contributed by atoms with E-state index < -0.39 is 0 Å². The van der Waals surface area contributed by atoms with E-state index in [2.05, 4.69) is 53.7 Å². The first-order valence-electron chi connectivity index (χ1n) is 15.7. The van der Waals surface area contributed by atoms with Gasteiger partial charge in [-0.3, -0.25) is 0 Å². The molecule has 36 heavy (non-hydrogen) atoms. The van der Waals surface area contributed by atoms with Crippen molar-refractivity contribution in [2.24, 2.45) is 0 Å². The van der Waals surface area contributed by atoms with Crippen molar-refractivity contribution < 1.29 is 0 Å². The highest BCUT2D eigenvalue weighted by Crippen LogP contribution is 2.09. The van der Waals surface area contributed by atoms with Gasteiger partial charge in [-0.05, 0) is 57.8 Å². The van der Waals surface area contributed by atoms with Crippen LogP contribution in [0.5, 0.6) is 0 Å². The first-order valence-corrected chi connectivity index (χ1v) is 15.7. The topological polar surface area (TPSA) is 0 Å². The summed E-state index contributed by atoms with van der Waals surface area (Å²) in [5.41, 5.74) is 0. The van der Waals surface area contributed by atoms with Gasteiger partial charge in [0.05, 0.1) is 0 Å². The van der Waals surface area contributed by atoms with E-state index in [0.29, 0.717) is 0 Å². The summed E-state index contributed by atoms with van der Waals surface area (Å²) in [5, 5.41) is 0. The summed E-state index contributed by atoms with van der Waals surface area (Å²) in [6.07, 6.45) is 40.5. The minimum atomic E-state index is 1.17. The smallest absolute Gasteiger partial charge is 0.0353 e. The fourth-order valence-electron chi connectivity index (χ4n) is 3.42. The predicted octanol–water partition coefficient (Wildman–Crippen LogP) is 13.9. The second kappa shape index (κ2) is 50.5. The van der Waals surface area contributed by atoms with Crippen LogP contribution in [0.15, 0.2) is 63.3 Å². The molecule has 0 heteroatoms. The van der Waals surface area contributed by atoms with E-state index in [-0.39, 0.29) is 0 Å². The molecule has 0 aliphatic heterocycles. The Balaban J connectivity index is -0.000000195. The van der Waals surface area contributed by atoms with Crippen LogP contribution in [-0.4, -0.2) is 0 Å². The minimum Gasteiger partial charge on any atom is -0.103 e. The first-order chi connectivity index (χ1) is 17.7. The van der Waals surface area contributed by atoms with Gasteiger partial charge in [0.25, 0.3) is 0 Å². The van der Waals surface area contributed by atoms with Crippen LogP contribution in [0.1, 0.15) is 168 Å². The Hall–Kier alpha value is -1.30. The summed E-state index contributed by atoms with van der Waals surface area (Å²) < 4.78 is 0. The second-order valence-corrected chi connectivity index (χ2v) is 9.69. The van der Waals surface area contributed by atoms with Gasteiger partial charge in [0.1, 0.15) is 0 Å². The molecule has 0 spiro atoms. The predicted molar refractivity (Wildman–Crippen MR) is 174 cm³/mol. The first kappa shape index (κ1) is 41.8. The lowest BCUT2D eigenvalue weighted by Gasteiger charge is -1.99. The number of hydrogen-bond acceptors (Lipinski definition) is 0. The minimum absolute atomic E-state index is 1.17. The highest BCUT2D eigenvalue weighted by atomic mass is 14.0. The molecule has 0 heterocycles. The van der Waals surface area contributed by atoms with E-state index in [9.17, 15) is 0 Å². The largest absolute Gasteiger partial charge is 0.103 e. The molecule has 0 saturated heterocycles. The molecular weight excluding hydrogens is 432 g/mol. The lowest BCUT2D eigenvalue weighted by atomic mass is 10.1. The molecule has 0 amide bonds. The highest BCUT2D eigenvalue weighted by molar-refractivity contribution is 4.68. The molecule has 0 aliphatic carbocycles. The van der Waals surface area contributed by atoms with E-state index in [0.717, 1.165) is 0 Å². The molecule has 0 rings (SSSR count).